The molecule has 0 amide bonds. The van der Waals surface area contributed by atoms with Crippen LogP contribution in [0.25, 0.3) is 0 Å². The van der Waals surface area contributed by atoms with Gasteiger partial charge < -0.3 is 10.5 Å². The molecule has 0 radical (unpaired) electrons. The lowest BCUT2D eigenvalue weighted by Crippen LogP contribution is -2.18. The van der Waals surface area contributed by atoms with E-state index in [1.807, 2.05) is 6.92 Å². The zero-order chi connectivity index (χ0) is 15.2. The Morgan fingerprint density at radius 1 is 1.10 bits per heavy atom. The molecule has 1 unspecified atom stereocenters. The van der Waals surface area contributed by atoms with Crippen molar-refractivity contribution in [1.82, 2.24) is 15.0 Å². The predicted octanol–water partition coefficient (Wildman–Crippen LogP) is 3.63. The van der Waals surface area contributed by atoms with Crippen molar-refractivity contribution in [3.8, 4) is 0 Å². The summed E-state index contributed by atoms with van der Waals surface area (Å²) in [5, 5.41) is 0. The molecule has 1 atom stereocenters. The zero-order valence-electron chi connectivity index (χ0n) is 13.5. The molecule has 118 valence electrons. The SMILES string of the molecule is CCOC(c1nc(N)nc(C2CCCCCC2)n1)C(C)C. The highest BCUT2D eigenvalue weighted by Crippen LogP contribution is 2.31. The van der Waals surface area contributed by atoms with Crippen LogP contribution in [0.3, 0.4) is 0 Å². The van der Waals surface area contributed by atoms with Crippen LogP contribution in [0.4, 0.5) is 5.95 Å². The summed E-state index contributed by atoms with van der Waals surface area (Å²) in [6.07, 6.45) is 7.35. The number of rotatable bonds is 5. The van der Waals surface area contributed by atoms with Crippen molar-refractivity contribution in [2.24, 2.45) is 5.92 Å². The first-order valence-electron chi connectivity index (χ1n) is 8.24. The van der Waals surface area contributed by atoms with Crippen molar-refractivity contribution in [3.63, 3.8) is 0 Å². The van der Waals surface area contributed by atoms with Gasteiger partial charge in [0.05, 0.1) is 0 Å². The van der Waals surface area contributed by atoms with Gasteiger partial charge in [0.15, 0.2) is 5.82 Å². The highest BCUT2D eigenvalue weighted by Gasteiger charge is 2.24. The molecule has 21 heavy (non-hydrogen) atoms. The quantitative estimate of drug-likeness (QED) is 0.839. The molecule has 1 aliphatic carbocycles. The molecule has 0 spiro atoms. The van der Waals surface area contributed by atoms with Gasteiger partial charge in [-0.15, -0.1) is 0 Å². The second kappa shape index (κ2) is 7.69. The number of hydrogen-bond acceptors (Lipinski definition) is 5. The zero-order valence-corrected chi connectivity index (χ0v) is 13.5. The average molecular weight is 292 g/mol. The fourth-order valence-electron chi connectivity index (χ4n) is 3.02. The van der Waals surface area contributed by atoms with Crippen molar-refractivity contribution in [1.29, 1.82) is 0 Å². The van der Waals surface area contributed by atoms with Gasteiger partial charge in [0, 0.05) is 12.5 Å². The molecule has 2 N–H and O–H groups in total. The van der Waals surface area contributed by atoms with Crippen LogP contribution in [0.1, 0.15) is 83.0 Å². The van der Waals surface area contributed by atoms with Crippen LogP contribution >= 0.6 is 0 Å². The monoisotopic (exact) mass is 292 g/mol. The van der Waals surface area contributed by atoms with E-state index in [0.717, 1.165) is 18.7 Å². The summed E-state index contributed by atoms with van der Waals surface area (Å²) in [5.74, 6) is 2.62. The first kappa shape index (κ1) is 16.1. The van der Waals surface area contributed by atoms with Gasteiger partial charge in [-0.2, -0.15) is 9.97 Å². The van der Waals surface area contributed by atoms with E-state index in [-0.39, 0.29) is 6.10 Å². The fraction of sp³-hybridized carbons (Fsp3) is 0.812. The van der Waals surface area contributed by atoms with Gasteiger partial charge >= 0.3 is 0 Å². The third kappa shape index (κ3) is 4.37. The minimum atomic E-state index is -0.107. The predicted molar refractivity (Wildman–Crippen MR) is 83.9 cm³/mol. The van der Waals surface area contributed by atoms with Crippen molar-refractivity contribution >= 4 is 5.95 Å². The van der Waals surface area contributed by atoms with Crippen LogP contribution < -0.4 is 5.73 Å². The molecule has 0 bridgehead atoms. The Morgan fingerprint density at radius 3 is 2.33 bits per heavy atom. The highest BCUT2D eigenvalue weighted by molar-refractivity contribution is 5.19. The minimum absolute atomic E-state index is 0.107. The van der Waals surface area contributed by atoms with Gasteiger partial charge in [-0.05, 0) is 25.7 Å². The molecule has 0 aromatic carbocycles. The molecule has 1 aliphatic rings. The van der Waals surface area contributed by atoms with Gasteiger partial charge in [0.25, 0.3) is 0 Å². The van der Waals surface area contributed by atoms with Gasteiger partial charge in [-0.25, -0.2) is 4.98 Å². The van der Waals surface area contributed by atoms with E-state index in [9.17, 15) is 0 Å². The minimum Gasteiger partial charge on any atom is -0.370 e. The molecule has 5 heteroatoms. The topological polar surface area (TPSA) is 73.9 Å². The Balaban J connectivity index is 2.26. The number of ether oxygens (including phenoxy) is 1. The maximum Gasteiger partial charge on any atom is 0.223 e. The molecule has 1 saturated carbocycles. The van der Waals surface area contributed by atoms with Gasteiger partial charge in [-0.3, -0.25) is 0 Å². The van der Waals surface area contributed by atoms with Crippen LogP contribution in [-0.2, 0) is 4.74 Å². The average Bonchev–Trinajstić information content (AvgIpc) is 2.72. The molecular weight excluding hydrogens is 264 g/mol. The molecule has 1 aromatic heterocycles. The summed E-state index contributed by atoms with van der Waals surface area (Å²) in [6.45, 7) is 6.87. The van der Waals surface area contributed by atoms with E-state index in [2.05, 4.69) is 23.8 Å². The molecule has 0 saturated heterocycles. The van der Waals surface area contributed by atoms with Gasteiger partial charge in [0.2, 0.25) is 5.95 Å². The Morgan fingerprint density at radius 2 is 1.76 bits per heavy atom. The molecule has 2 rings (SSSR count). The van der Waals surface area contributed by atoms with Crippen LogP contribution in [-0.4, -0.2) is 21.6 Å². The summed E-state index contributed by atoms with van der Waals surface area (Å²) >= 11 is 0. The number of hydrogen-bond donors (Lipinski definition) is 1. The molecule has 0 aliphatic heterocycles. The second-order valence-electron chi connectivity index (χ2n) is 6.22. The van der Waals surface area contributed by atoms with Crippen LogP contribution in [0, 0.1) is 5.92 Å². The van der Waals surface area contributed by atoms with Crippen LogP contribution in [0.5, 0.6) is 0 Å². The third-order valence-corrected chi connectivity index (χ3v) is 4.11. The van der Waals surface area contributed by atoms with Crippen molar-refractivity contribution in [2.45, 2.75) is 71.3 Å². The third-order valence-electron chi connectivity index (χ3n) is 4.11. The Bertz CT molecular complexity index is 442. The summed E-state index contributed by atoms with van der Waals surface area (Å²) in [6, 6.07) is 0. The number of aromatic nitrogens is 3. The maximum atomic E-state index is 5.92. The van der Waals surface area contributed by atoms with E-state index < -0.39 is 0 Å². The number of nitrogen functional groups attached to an aromatic ring is 1. The van der Waals surface area contributed by atoms with E-state index in [1.54, 1.807) is 0 Å². The van der Waals surface area contributed by atoms with Crippen LogP contribution in [0.2, 0.25) is 0 Å². The van der Waals surface area contributed by atoms with Crippen molar-refractivity contribution in [2.75, 3.05) is 12.3 Å². The summed E-state index contributed by atoms with van der Waals surface area (Å²) in [7, 11) is 0. The molecule has 1 aromatic rings. The maximum absolute atomic E-state index is 5.92. The lowest BCUT2D eigenvalue weighted by Gasteiger charge is -2.21. The molecule has 1 heterocycles. The number of nitrogens with two attached hydrogens (primary N) is 1. The first-order valence-corrected chi connectivity index (χ1v) is 8.24. The largest absolute Gasteiger partial charge is 0.370 e. The standard InChI is InChI=1S/C16H28N4O/c1-4-21-13(11(2)3)15-18-14(19-16(17)20-15)12-9-7-5-6-8-10-12/h11-13H,4-10H2,1-3H3,(H2,17,18,19,20). The smallest absolute Gasteiger partial charge is 0.223 e. The summed E-state index contributed by atoms with van der Waals surface area (Å²) < 4.78 is 5.80. The van der Waals surface area contributed by atoms with E-state index >= 15 is 0 Å². The van der Waals surface area contributed by atoms with Crippen molar-refractivity contribution in [3.05, 3.63) is 11.6 Å². The number of nitrogens with zero attached hydrogens (tertiary/aromatic N) is 3. The Hall–Kier alpha value is -1.23. The lowest BCUT2D eigenvalue weighted by atomic mass is 9.99. The van der Waals surface area contributed by atoms with E-state index in [4.69, 9.17) is 15.5 Å². The molecular formula is C16H28N4O. The summed E-state index contributed by atoms with van der Waals surface area (Å²) in [4.78, 5) is 13.4. The first-order chi connectivity index (χ1) is 10.1. The van der Waals surface area contributed by atoms with Gasteiger partial charge in [-0.1, -0.05) is 39.5 Å². The van der Waals surface area contributed by atoms with Crippen LogP contribution in [0.15, 0.2) is 0 Å². The van der Waals surface area contributed by atoms with Gasteiger partial charge in [0.1, 0.15) is 11.9 Å². The van der Waals surface area contributed by atoms with E-state index in [1.165, 1.54) is 25.7 Å². The number of anilines is 1. The Kier molecular flexibility index (Phi) is 5.91. The fourth-order valence-corrected chi connectivity index (χ4v) is 3.02. The van der Waals surface area contributed by atoms with Crippen molar-refractivity contribution < 1.29 is 4.74 Å². The Labute approximate surface area is 127 Å². The normalized spacial score (nSPS) is 18.7. The summed E-state index contributed by atoms with van der Waals surface area (Å²) in [5.41, 5.74) is 5.92. The molecule has 5 nitrogen and oxygen atoms in total. The van der Waals surface area contributed by atoms with E-state index in [0.29, 0.717) is 30.2 Å². The lowest BCUT2D eigenvalue weighted by molar-refractivity contribution is 0.0229. The molecule has 1 fully saturated rings. The highest BCUT2D eigenvalue weighted by atomic mass is 16.5. The second-order valence-corrected chi connectivity index (χ2v) is 6.22.